The highest BCUT2D eigenvalue weighted by atomic mass is 35.5. The fourth-order valence-corrected chi connectivity index (χ4v) is 6.96. The topological polar surface area (TPSA) is 19.0 Å². The second kappa shape index (κ2) is 12.3. The molecule has 0 bridgehead atoms. The molecule has 0 atom stereocenters. The van der Waals surface area contributed by atoms with Crippen LogP contribution in [-0.2, 0) is 4.74 Å². The second-order valence-corrected chi connectivity index (χ2v) is 11.4. The SMILES string of the molecule is CCCCN1CCN(c2ccc(N3CCC(OC)CC3)cc2C2=CCC3(CCCC3)CC2)CC1.Cl. The lowest BCUT2D eigenvalue weighted by atomic mass is 9.72. The van der Waals surface area contributed by atoms with E-state index in [-0.39, 0.29) is 12.4 Å². The Morgan fingerprint density at radius 1 is 0.943 bits per heavy atom. The van der Waals surface area contributed by atoms with Crippen LogP contribution >= 0.6 is 12.4 Å². The quantitative estimate of drug-likeness (QED) is 0.410. The van der Waals surface area contributed by atoms with Gasteiger partial charge in [-0.1, -0.05) is 32.3 Å². The van der Waals surface area contributed by atoms with E-state index >= 15 is 0 Å². The number of halogens is 1. The normalized spacial score (nSPS) is 23.4. The van der Waals surface area contributed by atoms with E-state index in [0.717, 1.165) is 39.0 Å². The van der Waals surface area contributed by atoms with Crippen LogP contribution in [0.25, 0.3) is 5.57 Å². The first-order valence-corrected chi connectivity index (χ1v) is 14.3. The number of rotatable bonds is 7. The van der Waals surface area contributed by atoms with Crippen molar-refractivity contribution in [3.8, 4) is 0 Å². The number of benzene rings is 1. The highest BCUT2D eigenvalue weighted by Gasteiger charge is 2.35. The van der Waals surface area contributed by atoms with E-state index in [0.29, 0.717) is 11.5 Å². The van der Waals surface area contributed by atoms with Gasteiger partial charge in [-0.2, -0.15) is 0 Å². The van der Waals surface area contributed by atoms with Gasteiger partial charge < -0.3 is 14.5 Å². The first-order chi connectivity index (χ1) is 16.7. The summed E-state index contributed by atoms with van der Waals surface area (Å²) >= 11 is 0. The zero-order valence-corrected chi connectivity index (χ0v) is 23.1. The maximum atomic E-state index is 5.63. The highest BCUT2D eigenvalue weighted by Crippen LogP contribution is 2.50. The van der Waals surface area contributed by atoms with Gasteiger partial charge >= 0.3 is 0 Å². The molecule has 1 aromatic carbocycles. The van der Waals surface area contributed by atoms with Crippen LogP contribution in [0.1, 0.15) is 83.1 Å². The fraction of sp³-hybridized carbons (Fsp3) is 0.733. The molecule has 1 aromatic rings. The molecule has 1 saturated carbocycles. The molecule has 0 aromatic heterocycles. The van der Waals surface area contributed by atoms with Crippen molar-refractivity contribution < 1.29 is 4.74 Å². The Morgan fingerprint density at radius 3 is 2.31 bits per heavy atom. The molecule has 0 unspecified atom stereocenters. The van der Waals surface area contributed by atoms with Crippen LogP contribution in [0.2, 0.25) is 0 Å². The molecular weight excluding hydrogens is 454 g/mol. The predicted molar refractivity (Wildman–Crippen MR) is 152 cm³/mol. The zero-order chi connectivity index (χ0) is 23.4. The summed E-state index contributed by atoms with van der Waals surface area (Å²) in [5.74, 6) is 0. The number of allylic oxidation sites excluding steroid dienone is 2. The van der Waals surface area contributed by atoms with Crippen LogP contribution in [0.3, 0.4) is 0 Å². The lowest BCUT2D eigenvalue weighted by Gasteiger charge is -2.39. The van der Waals surface area contributed by atoms with Gasteiger partial charge in [-0.25, -0.2) is 0 Å². The van der Waals surface area contributed by atoms with Crippen molar-refractivity contribution in [2.75, 3.05) is 62.7 Å². The Hall–Kier alpha value is -1.23. The van der Waals surface area contributed by atoms with Gasteiger partial charge in [-0.3, -0.25) is 4.90 Å². The molecule has 196 valence electrons. The summed E-state index contributed by atoms with van der Waals surface area (Å²) in [7, 11) is 1.86. The van der Waals surface area contributed by atoms with Crippen LogP contribution < -0.4 is 9.80 Å². The van der Waals surface area contributed by atoms with Gasteiger partial charge in [0.2, 0.25) is 0 Å². The van der Waals surface area contributed by atoms with Crippen molar-refractivity contribution in [1.82, 2.24) is 4.90 Å². The first kappa shape index (κ1) is 26.8. The molecule has 4 aliphatic rings. The Morgan fingerprint density at radius 2 is 1.69 bits per heavy atom. The third-order valence-electron chi connectivity index (χ3n) is 9.38. The predicted octanol–water partition coefficient (Wildman–Crippen LogP) is 6.77. The van der Waals surface area contributed by atoms with E-state index in [2.05, 4.69) is 45.9 Å². The third-order valence-corrected chi connectivity index (χ3v) is 9.38. The Labute approximate surface area is 220 Å². The van der Waals surface area contributed by atoms with Crippen LogP contribution in [0.15, 0.2) is 24.3 Å². The molecule has 0 N–H and O–H groups in total. The number of piperidine rings is 1. The fourth-order valence-electron chi connectivity index (χ4n) is 6.96. The number of methoxy groups -OCH3 is 1. The molecule has 2 saturated heterocycles. The lowest BCUT2D eigenvalue weighted by Crippen LogP contribution is -2.47. The summed E-state index contributed by atoms with van der Waals surface area (Å²) in [5, 5.41) is 0. The van der Waals surface area contributed by atoms with Crippen molar-refractivity contribution >= 4 is 29.4 Å². The highest BCUT2D eigenvalue weighted by molar-refractivity contribution is 5.85. The average Bonchev–Trinajstić information content (AvgIpc) is 3.36. The van der Waals surface area contributed by atoms with E-state index in [1.54, 1.807) is 5.57 Å². The molecule has 2 aliphatic carbocycles. The summed E-state index contributed by atoms with van der Waals surface area (Å²) < 4.78 is 5.63. The molecule has 5 rings (SSSR count). The molecule has 2 heterocycles. The van der Waals surface area contributed by atoms with Crippen molar-refractivity contribution in [2.24, 2.45) is 5.41 Å². The molecular formula is C30H48ClN3O. The van der Waals surface area contributed by atoms with E-state index in [4.69, 9.17) is 4.74 Å². The van der Waals surface area contributed by atoms with E-state index in [1.807, 2.05) is 7.11 Å². The maximum absolute atomic E-state index is 5.63. The second-order valence-electron chi connectivity index (χ2n) is 11.4. The number of hydrogen-bond acceptors (Lipinski definition) is 4. The molecule has 1 spiro atoms. The summed E-state index contributed by atoms with van der Waals surface area (Å²) in [6.45, 7) is 10.5. The number of nitrogens with zero attached hydrogens (tertiary/aromatic N) is 3. The minimum atomic E-state index is 0. The van der Waals surface area contributed by atoms with Gasteiger partial charge in [0.05, 0.1) is 6.10 Å². The molecule has 0 radical (unpaired) electrons. The monoisotopic (exact) mass is 501 g/mol. The van der Waals surface area contributed by atoms with Gasteiger partial charge in [0.15, 0.2) is 0 Å². The summed E-state index contributed by atoms with van der Waals surface area (Å²) in [5.41, 5.74) is 6.68. The van der Waals surface area contributed by atoms with Crippen LogP contribution in [0.5, 0.6) is 0 Å². The van der Waals surface area contributed by atoms with Gasteiger partial charge in [0.1, 0.15) is 0 Å². The van der Waals surface area contributed by atoms with Gasteiger partial charge in [0, 0.05) is 63.3 Å². The van der Waals surface area contributed by atoms with E-state index < -0.39 is 0 Å². The number of piperazine rings is 1. The molecule has 2 aliphatic heterocycles. The number of anilines is 2. The van der Waals surface area contributed by atoms with Crippen molar-refractivity contribution in [2.45, 2.75) is 83.7 Å². The average molecular weight is 502 g/mol. The van der Waals surface area contributed by atoms with Crippen molar-refractivity contribution in [1.29, 1.82) is 0 Å². The van der Waals surface area contributed by atoms with Crippen molar-refractivity contribution in [3.05, 3.63) is 29.8 Å². The maximum Gasteiger partial charge on any atom is 0.0605 e. The Balaban J connectivity index is 0.00000289. The minimum absolute atomic E-state index is 0. The minimum Gasteiger partial charge on any atom is -0.381 e. The van der Waals surface area contributed by atoms with Gasteiger partial charge in [-0.05, 0) is 87.1 Å². The van der Waals surface area contributed by atoms with Crippen molar-refractivity contribution in [3.63, 3.8) is 0 Å². The Bertz CT molecular complexity index is 834. The van der Waals surface area contributed by atoms with E-state index in [9.17, 15) is 0 Å². The number of hydrogen-bond donors (Lipinski definition) is 0. The van der Waals surface area contributed by atoms with Gasteiger partial charge in [-0.15, -0.1) is 12.4 Å². The summed E-state index contributed by atoms with van der Waals surface area (Å²) in [6.07, 6.45) is 17.7. The summed E-state index contributed by atoms with van der Waals surface area (Å²) in [4.78, 5) is 7.94. The lowest BCUT2D eigenvalue weighted by molar-refractivity contribution is 0.0819. The molecule has 5 heteroatoms. The Kier molecular flexibility index (Phi) is 9.46. The number of ether oxygens (including phenoxy) is 1. The summed E-state index contributed by atoms with van der Waals surface area (Å²) in [6, 6.07) is 7.40. The largest absolute Gasteiger partial charge is 0.381 e. The van der Waals surface area contributed by atoms with Crippen LogP contribution in [0.4, 0.5) is 11.4 Å². The smallest absolute Gasteiger partial charge is 0.0605 e. The van der Waals surface area contributed by atoms with Crippen LogP contribution in [-0.4, -0.2) is 63.9 Å². The zero-order valence-electron chi connectivity index (χ0n) is 22.3. The molecule has 3 fully saturated rings. The standard InChI is InChI=1S/C30H47N3O.ClH/c1-3-4-17-31-20-22-33(23-21-31)29-8-7-26(32-18-11-27(34-2)12-19-32)24-28(29)25-9-15-30(16-10-25)13-5-6-14-30;/h7-9,24,27H,3-6,10-23H2,1-2H3;1H. The first-order valence-electron chi connectivity index (χ1n) is 14.3. The third kappa shape index (κ3) is 6.19. The molecule has 35 heavy (non-hydrogen) atoms. The van der Waals surface area contributed by atoms with Gasteiger partial charge in [0.25, 0.3) is 0 Å². The molecule has 4 nitrogen and oxygen atoms in total. The van der Waals surface area contributed by atoms with E-state index in [1.165, 1.54) is 94.4 Å². The van der Waals surface area contributed by atoms with Crippen LogP contribution in [0, 0.1) is 5.41 Å². The molecule has 0 amide bonds. The number of unbranched alkanes of at least 4 members (excludes halogenated alkanes) is 1.